The van der Waals surface area contributed by atoms with Crippen molar-refractivity contribution in [1.29, 1.82) is 0 Å². The van der Waals surface area contributed by atoms with Crippen LogP contribution in [0.4, 0.5) is 5.82 Å². The van der Waals surface area contributed by atoms with Crippen LogP contribution in [0.25, 0.3) is 0 Å². The van der Waals surface area contributed by atoms with E-state index in [1.165, 1.54) is 4.88 Å². The maximum Gasteiger partial charge on any atom is 0.193 e. The van der Waals surface area contributed by atoms with Crippen LogP contribution in [0.1, 0.15) is 24.3 Å². The molecule has 0 amide bonds. The van der Waals surface area contributed by atoms with Crippen molar-refractivity contribution in [3.63, 3.8) is 0 Å². The van der Waals surface area contributed by atoms with Gasteiger partial charge in [0, 0.05) is 44.3 Å². The van der Waals surface area contributed by atoms with Gasteiger partial charge in [0.1, 0.15) is 5.82 Å². The first kappa shape index (κ1) is 20.6. The number of pyridine rings is 1. The Morgan fingerprint density at radius 1 is 1.43 bits per heavy atom. The second-order valence-electron chi connectivity index (χ2n) is 7.07. The van der Waals surface area contributed by atoms with Crippen LogP contribution in [-0.2, 0) is 17.7 Å². The summed E-state index contributed by atoms with van der Waals surface area (Å²) in [5.41, 5.74) is 1.12. The number of ether oxygens (including phenoxy) is 1. The number of anilines is 1. The van der Waals surface area contributed by atoms with E-state index in [0.29, 0.717) is 6.54 Å². The minimum atomic E-state index is 0.257. The molecule has 152 valence electrons. The molecule has 0 aromatic carbocycles. The highest BCUT2D eigenvalue weighted by Crippen LogP contribution is 2.16. The second-order valence-corrected chi connectivity index (χ2v) is 8.11. The molecule has 7 heteroatoms. The number of morpholine rings is 1. The zero-order chi connectivity index (χ0) is 19.8. The zero-order valence-corrected chi connectivity index (χ0v) is 17.9. The van der Waals surface area contributed by atoms with Gasteiger partial charge in [-0.15, -0.1) is 11.3 Å². The van der Waals surface area contributed by atoms with E-state index >= 15 is 0 Å². The predicted molar refractivity (Wildman–Crippen MR) is 117 cm³/mol. The molecule has 1 unspecified atom stereocenters. The Bertz CT molecular complexity index is 732. The third-order valence-electron chi connectivity index (χ3n) is 4.76. The topological polar surface area (TPSA) is 53.0 Å². The van der Waals surface area contributed by atoms with Crippen molar-refractivity contribution in [2.24, 2.45) is 4.99 Å². The summed E-state index contributed by atoms with van der Waals surface area (Å²) < 4.78 is 5.61. The summed E-state index contributed by atoms with van der Waals surface area (Å²) in [6.07, 6.45) is 3.23. The zero-order valence-electron chi connectivity index (χ0n) is 17.1. The number of guanidine groups is 1. The molecule has 2 aromatic rings. The molecule has 3 rings (SSSR count). The lowest BCUT2D eigenvalue weighted by molar-refractivity contribution is 0.0529. The third kappa shape index (κ3) is 5.94. The SMILES string of the molecule is CCNC(=NCc1ccc(N2CCOC(C)C2)nc1)N(C)CCc1cccs1. The highest BCUT2D eigenvalue weighted by Gasteiger charge is 2.17. The van der Waals surface area contributed by atoms with Crippen LogP contribution in [0.3, 0.4) is 0 Å². The molecule has 6 nitrogen and oxygen atoms in total. The predicted octanol–water partition coefficient (Wildman–Crippen LogP) is 3.01. The van der Waals surface area contributed by atoms with Gasteiger partial charge in [0.25, 0.3) is 0 Å². The summed E-state index contributed by atoms with van der Waals surface area (Å²) >= 11 is 1.81. The number of nitrogens with one attached hydrogen (secondary N) is 1. The fourth-order valence-corrected chi connectivity index (χ4v) is 3.90. The Labute approximate surface area is 172 Å². The molecule has 0 bridgehead atoms. The second kappa shape index (κ2) is 10.4. The van der Waals surface area contributed by atoms with E-state index in [2.05, 4.69) is 70.6 Å². The monoisotopic (exact) mass is 401 g/mol. The number of hydrogen-bond donors (Lipinski definition) is 1. The quantitative estimate of drug-likeness (QED) is 0.571. The molecule has 0 spiro atoms. The van der Waals surface area contributed by atoms with Gasteiger partial charge in [-0.1, -0.05) is 12.1 Å². The normalized spacial score (nSPS) is 17.6. The van der Waals surface area contributed by atoms with Gasteiger partial charge in [-0.25, -0.2) is 9.98 Å². The van der Waals surface area contributed by atoms with Gasteiger partial charge in [0.05, 0.1) is 19.3 Å². The summed E-state index contributed by atoms with van der Waals surface area (Å²) in [6, 6.07) is 8.51. The molecule has 1 atom stereocenters. The molecule has 0 saturated carbocycles. The standard InChI is InChI=1S/C21H31N5OS/c1-4-22-21(25(3)10-9-19-6-5-13-28-19)24-15-18-7-8-20(23-14-18)26-11-12-27-17(2)16-26/h5-8,13-14,17H,4,9-12,15-16H2,1-3H3,(H,22,24). The van der Waals surface area contributed by atoms with E-state index in [9.17, 15) is 0 Å². The molecule has 1 N–H and O–H groups in total. The number of nitrogens with zero attached hydrogens (tertiary/aromatic N) is 4. The minimum absolute atomic E-state index is 0.257. The first-order valence-corrected chi connectivity index (χ1v) is 10.9. The minimum Gasteiger partial charge on any atom is -0.375 e. The molecule has 1 aliphatic heterocycles. The number of aromatic nitrogens is 1. The molecule has 1 fully saturated rings. The Morgan fingerprint density at radius 2 is 2.32 bits per heavy atom. The third-order valence-corrected chi connectivity index (χ3v) is 5.69. The van der Waals surface area contributed by atoms with E-state index in [0.717, 1.165) is 56.5 Å². The summed E-state index contributed by atoms with van der Waals surface area (Å²) in [5, 5.41) is 5.52. The van der Waals surface area contributed by atoms with E-state index in [-0.39, 0.29) is 6.10 Å². The van der Waals surface area contributed by atoms with Crippen LogP contribution in [0.2, 0.25) is 0 Å². The first-order chi connectivity index (χ1) is 13.7. The highest BCUT2D eigenvalue weighted by molar-refractivity contribution is 7.09. The summed E-state index contributed by atoms with van der Waals surface area (Å²) in [5.74, 6) is 1.95. The smallest absolute Gasteiger partial charge is 0.193 e. The van der Waals surface area contributed by atoms with Gasteiger partial charge in [0.15, 0.2) is 5.96 Å². The van der Waals surface area contributed by atoms with Crippen molar-refractivity contribution < 1.29 is 4.74 Å². The van der Waals surface area contributed by atoms with Crippen molar-refractivity contribution in [2.75, 3.05) is 44.7 Å². The van der Waals surface area contributed by atoms with Crippen molar-refractivity contribution in [1.82, 2.24) is 15.2 Å². The van der Waals surface area contributed by atoms with Gasteiger partial charge in [-0.05, 0) is 43.3 Å². The van der Waals surface area contributed by atoms with Crippen LogP contribution >= 0.6 is 11.3 Å². The van der Waals surface area contributed by atoms with Crippen molar-refractivity contribution in [2.45, 2.75) is 32.9 Å². The van der Waals surface area contributed by atoms with Crippen molar-refractivity contribution >= 4 is 23.1 Å². The largest absolute Gasteiger partial charge is 0.375 e. The lowest BCUT2D eigenvalue weighted by Crippen LogP contribution is -2.41. The summed E-state index contributed by atoms with van der Waals surface area (Å²) in [6.45, 7) is 9.18. The molecule has 2 aromatic heterocycles. The fourth-order valence-electron chi connectivity index (χ4n) is 3.20. The Hall–Kier alpha value is -2.12. The maximum atomic E-state index is 5.61. The van der Waals surface area contributed by atoms with E-state index in [1.54, 1.807) is 11.3 Å². The van der Waals surface area contributed by atoms with Crippen LogP contribution in [0, 0.1) is 0 Å². The van der Waals surface area contributed by atoms with Crippen LogP contribution < -0.4 is 10.2 Å². The average molecular weight is 402 g/mol. The lowest BCUT2D eigenvalue weighted by atomic mass is 10.2. The molecule has 28 heavy (non-hydrogen) atoms. The Morgan fingerprint density at radius 3 is 3.00 bits per heavy atom. The molecule has 1 saturated heterocycles. The number of aliphatic imine (C=N–C) groups is 1. The first-order valence-electron chi connectivity index (χ1n) is 9.99. The Balaban J connectivity index is 1.57. The van der Waals surface area contributed by atoms with Gasteiger partial charge < -0.3 is 19.9 Å². The Kier molecular flexibility index (Phi) is 7.68. The van der Waals surface area contributed by atoms with Gasteiger partial charge >= 0.3 is 0 Å². The number of hydrogen-bond acceptors (Lipinski definition) is 5. The highest BCUT2D eigenvalue weighted by atomic mass is 32.1. The fraction of sp³-hybridized carbons (Fsp3) is 0.524. The number of thiophene rings is 1. The summed E-state index contributed by atoms with van der Waals surface area (Å²) in [7, 11) is 2.09. The molecule has 3 heterocycles. The van der Waals surface area contributed by atoms with Crippen molar-refractivity contribution in [3.8, 4) is 0 Å². The molecule has 0 radical (unpaired) electrons. The van der Waals surface area contributed by atoms with E-state index < -0.39 is 0 Å². The van der Waals surface area contributed by atoms with E-state index in [1.807, 2.05) is 6.20 Å². The molecular formula is C21H31N5OS. The molecule has 1 aliphatic rings. The van der Waals surface area contributed by atoms with Gasteiger partial charge in [-0.2, -0.15) is 0 Å². The molecule has 0 aliphatic carbocycles. The summed E-state index contributed by atoms with van der Waals surface area (Å²) in [4.78, 5) is 15.3. The van der Waals surface area contributed by atoms with Crippen molar-refractivity contribution in [3.05, 3.63) is 46.3 Å². The van der Waals surface area contributed by atoms with Crippen LogP contribution in [0.5, 0.6) is 0 Å². The maximum absolute atomic E-state index is 5.61. The van der Waals surface area contributed by atoms with Crippen LogP contribution in [-0.4, -0.2) is 61.8 Å². The van der Waals surface area contributed by atoms with E-state index in [4.69, 9.17) is 9.73 Å². The van der Waals surface area contributed by atoms with Gasteiger partial charge in [0.2, 0.25) is 0 Å². The average Bonchev–Trinajstić information content (AvgIpc) is 3.23. The molecular weight excluding hydrogens is 370 g/mol. The van der Waals surface area contributed by atoms with Crippen LogP contribution in [0.15, 0.2) is 40.8 Å². The lowest BCUT2D eigenvalue weighted by Gasteiger charge is -2.32. The van der Waals surface area contributed by atoms with Gasteiger partial charge in [-0.3, -0.25) is 0 Å². The number of likely N-dealkylation sites (N-methyl/N-ethyl adjacent to an activating group) is 1. The number of rotatable bonds is 7.